The number of Topliss-reactive ketones (excluding diaryl/α,β-unsaturated/α-hetero) is 1. The number of fused-ring (bicyclic) bond motifs is 2. The molecule has 2 heterocycles. The third-order valence-electron chi connectivity index (χ3n) is 5.33. The lowest BCUT2D eigenvalue weighted by Crippen LogP contribution is -2.53. The average molecular weight is 366 g/mol. The van der Waals surface area contributed by atoms with Crippen LogP contribution < -0.4 is 5.32 Å². The number of carboxylic acid groups (broad SMARTS) is 1. The Morgan fingerprint density at radius 3 is 2.44 bits per heavy atom. The first-order chi connectivity index (χ1) is 12.9. The summed E-state index contributed by atoms with van der Waals surface area (Å²) in [5.74, 6) is -2.96. The van der Waals surface area contributed by atoms with Gasteiger partial charge in [0.1, 0.15) is 17.7 Å². The first-order valence-electron chi connectivity index (χ1n) is 8.71. The van der Waals surface area contributed by atoms with E-state index in [-0.39, 0.29) is 5.57 Å². The van der Waals surface area contributed by atoms with E-state index in [1.54, 1.807) is 10.6 Å². The Balaban J connectivity index is 1.82. The fraction of sp³-hybridized carbons (Fsp3) is 0.250. The smallest absolute Gasteiger partial charge is 0.322 e. The molecule has 0 unspecified atom stereocenters. The van der Waals surface area contributed by atoms with Gasteiger partial charge in [-0.1, -0.05) is 30.3 Å². The van der Waals surface area contributed by atoms with Crippen molar-refractivity contribution >= 4 is 23.4 Å². The van der Waals surface area contributed by atoms with Gasteiger partial charge in [-0.25, -0.2) is 0 Å². The van der Waals surface area contributed by atoms with E-state index in [9.17, 15) is 19.5 Å². The van der Waals surface area contributed by atoms with Gasteiger partial charge < -0.3 is 20.1 Å². The second kappa shape index (κ2) is 6.12. The quantitative estimate of drug-likeness (QED) is 0.718. The monoisotopic (exact) mass is 366 g/mol. The highest BCUT2D eigenvalue weighted by Crippen LogP contribution is 2.48. The number of aromatic nitrogens is 1. The van der Waals surface area contributed by atoms with Gasteiger partial charge in [0.15, 0.2) is 11.5 Å². The van der Waals surface area contributed by atoms with Crippen molar-refractivity contribution in [1.82, 2.24) is 9.88 Å². The molecule has 0 radical (unpaired) electrons. The number of carboxylic acids is 1. The Bertz CT molecular complexity index is 983. The Morgan fingerprint density at radius 2 is 1.85 bits per heavy atom. The van der Waals surface area contributed by atoms with E-state index in [0.29, 0.717) is 18.5 Å². The predicted octanol–water partition coefficient (Wildman–Crippen LogP) is 2.09. The zero-order valence-electron chi connectivity index (χ0n) is 14.4. The largest absolute Gasteiger partial charge is 0.505 e. The van der Waals surface area contributed by atoms with Crippen molar-refractivity contribution in [2.75, 3.05) is 6.54 Å². The number of rotatable bonds is 4. The summed E-state index contributed by atoms with van der Waals surface area (Å²) in [5, 5.41) is 21.6. The van der Waals surface area contributed by atoms with Crippen LogP contribution in [0.25, 0.3) is 16.9 Å². The number of nitrogens with one attached hydrogen (secondary N) is 1. The van der Waals surface area contributed by atoms with Crippen molar-refractivity contribution in [2.45, 2.75) is 24.8 Å². The van der Waals surface area contributed by atoms with Crippen molar-refractivity contribution < 1.29 is 24.6 Å². The molecule has 1 fully saturated rings. The van der Waals surface area contributed by atoms with E-state index in [2.05, 4.69) is 5.32 Å². The number of carbonyl (C=O) groups excluding carboxylic acids is 2. The Hall–Kier alpha value is -3.35. The second-order valence-electron chi connectivity index (χ2n) is 6.86. The number of ketones is 1. The van der Waals surface area contributed by atoms with Crippen molar-refractivity contribution in [1.29, 1.82) is 0 Å². The maximum absolute atomic E-state index is 13.1. The summed E-state index contributed by atoms with van der Waals surface area (Å²) in [6, 6.07) is 11.3. The molecular formula is C20H18N2O5. The SMILES string of the molecule is O=C(O)CNC(=O)C1=C(O)c2cc(-c3ccccc3)cn2C2(CCC2)C1=O. The van der Waals surface area contributed by atoms with Crippen LogP contribution in [0.2, 0.25) is 0 Å². The van der Waals surface area contributed by atoms with E-state index >= 15 is 0 Å². The number of amides is 1. The first-order valence-corrected chi connectivity index (χ1v) is 8.71. The van der Waals surface area contributed by atoms with Crippen LogP contribution in [-0.2, 0) is 19.9 Å². The summed E-state index contributed by atoms with van der Waals surface area (Å²) in [4.78, 5) is 36.2. The van der Waals surface area contributed by atoms with Crippen LogP contribution >= 0.6 is 0 Å². The third kappa shape index (κ3) is 2.54. The molecule has 7 nitrogen and oxygen atoms in total. The van der Waals surface area contributed by atoms with Gasteiger partial charge in [0.2, 0.25) is 0 Å². The predicted molar refractivity (Wildman–Crippen MR) is 96.9 cm³/mol. The van der Waals surface area contributed by atoms with Crippen molar-refractivity contribution in [3.05, 3.63) is 53.9 Å². The Morgan fingerprint density at radius 1 is 1.15 bits per heavy atom. The maximum Gasteiger partial charge on any atom is 0.322 e. The molecule has 0 saturated heterocycles. The summed E-state index contributed by atoms with van der Waals surface area (Å²) in [6.45, 7) is -0.619. The maximum atomic E-state index is 13.1. The van der Waals surface area contributed by atoms with Crippen LogP contribution in [0.1, 0.15) is 25.0 Å². The number of carbonyl (C=O) groups is 3. The zero-order valence-corrected chi connectivity index (χ0v) is 14.4. The highest BCUT2D eigenvalue weighted by Gasteiger charge is 2.53. The Kier molecular flexibility index (Phi) is 3.87. The lowest BCUT2D eigenvalue weighted by molar-refractivity contribution is -0.138. The average Bonchev–Trinajstić information content (AvgIpc) is 3.05. The van der Waals surface area contributed by atoms with E-state index < -0.39 is 35.5 Å². The van der Waals surface area contributed by atoms with E-state index in [1.807, 2.05) is 36.5 Å². The molecule has 1 spiro atoms. The molecule has 1 aliphatic heterocycles. The fourth-order valence-corrected chi connectivity index (χ4v) is 3.80. The van der Waals surface area contributed by atoms with Gasteiger partial charge in [0, 0.05) is 11.8 Å². The summed E-state index contributed by atoms with van der Waals surface area (Å²) in [5.41, 5.74) is 0.925. The topological polar surface area (TPSA) is 109 Å². The number of aliphatic hydroxyl groups is 1. The lowest BCUT2D eigenvalue weighted by atomic mass is 9.69. The van der Waals surface area contributed by atoms with Gasteiger partial charge in [0.05, 0.1) is 5.69 Å². The number of benzene rings is 1. The van der Waals surface area contributed by atoms with E-state index in [0.717, 1.165) is 17.5 Å². The summed E-state index contributed by atoms with van der Waals surface area (Å²) in [6.07, 6.45) is 3.83. The summed E-state index contributed by atoms with van der Waals surface area (Å²) >= 11 is 0. The fourth-order valence-electron chi connectivity index (χ4n) is 3.80. The molecule has 0 atom stereocenters. The second-order valence-corrected chi connectivity index (χ2v) is 6.86. The number of aliphatic hydroxyl groups excluding tert-OH is 1. The highest BCUT2D eigenvalue weighted by molar-refractivity contribution is 6.27. The van der Waals surface area contributed by atoms with Crippen LogP contribution in [-0.4, -0.2) is 39.0 Å². The minimum atomic E-state index is -1.22. The van der Waals surface area contributed by atoms with Crippen molar-refractivity contribution in [3.8, 4) is 11.1 Å². The zero-order chi connectivity index (χ0) is 19.2. The van der Waals surface area contributed by atoms with Crippen LogP contribution in [0.5, 0.6) is 0 Å². The Labute approximate surface area is 154 Å². The normalized spacial score (nSPS) is 17.4. The molecule has 7 heteroatoms. The number of aliphatic carboxylic acids is 1. The van der Waals surface area contributed by atoms with Gasteiger partial charge in [-0.3, -0.25) is 14.4 Å². The molecule has 27 heavy (non-hydrogen) atoms. The minimum Gasteiger partial charge on any atom is -0.505 e. The van der Waals surface area contributed by atoms with Gasteiger partial charge in [-0.15, -0.1) is 0 Å². The third-order valence-corrected chi connectivity index (χ3v) is 5.33. The highest BCUT2D eigenvalue weighted by atomic mass is 16.4. The molecule has 0 bridgehead atoms. The molecule has 1 aliphatic carbocycles. The van der Waals surface area contributed by atoms with Gasteiger partial charge in [-0.2, -0.15) is 0 Å². The molecule has 2 aliphatic rings. The molecule has 2 aromatic rings. The molecular weight excluding hydrogens is 348 g/mol. The number of nitrogens with zero attached hydrogens (tertiary/aromatic N) is 1. The summed E-state index contributed by atoms with van der Waals surface area (Å²) < 4.78 is 1.77. The number of hydrogen-bond donors (Lipinski definition) is 3. The van der Waals surface area contributed by atoms with E-state index in [4.69, 9.17) is 5.11 Å². The van der Waals surface area contributed by atoms with Gasteiger partial charge in [0.25, 0.3) is 5.91 Å². The van der Waals surface area contributed by atoms with Crippen molar-refractivity contribution in [3.63, 3.8) is 0 Å². The van der Waals surface area contributed by atoms with E-state index in [1.165, 1.54) is 0 Å². The standard InChI is InChI=1S/C20H18N2O5/c23-15(24)10-21-19(27)16-17(25)14-9-13(12-5-2-1-3-6-12)11-22(14)20(18(16)26)7-4-8-20/h1-3,5-6,9,11,25H,4,7-8,10H2,(H,21,27)(H,23,24). The van der Waals surface area contributed by atoms with Crippen LogP contribution in [0.4, 0.5) is 0 Å². The van der Waals surface area contributed by atoms with Crippen molar-refractivity contribution in [2.24, 2.45) is 0 Å². The van der Waals surface area contributed by atoms with Gasteiger partial charge >= 0.3 is 5.97 Å². The van der Waals surface area contributed by atoms with Crippen LogP contribution in [0.3, 0.4) is 0 Å². The molecule has 3 N–H and O–H groups in total. The van der Waals surface area contributed by atoms with Crippen LogP contribution in [0.15, 0.2) is 48.2 Å². The lowest BCUT2D eigenvalue weighted by Gasteiger charge is -2.45. The molecule has 1 saturated carbocycles. The molecule has 138 valence electrons. The summed E-state index contributed by atoms with van der Waals surface area (Å²) in [7, 11) is 0. The van der Waals surface area contributed by atoms with Crippen LogP contribution in [0, 0.1) is 0 Å². The molecule has 1 aromatic carbocycles. The molecule has 1 amide bonds. The molecule has 1 aromatic heterocycles. The molecule has 4 rings (SSSR count). The van der Waals surface area contributed by atoms with Gasteiger partial charge in [-0.05, 0) is 30.9 Å². The minimum absolute atomic E-state index is 0.360. The number of hydrogen-bond acceptors (Lipinski definition) is 4. The first kappa shape index (κ1) is 17.1.